The summed E-state index contributed by atoms with van der Waals surface area (Å²) in [6.45, 7) is 0. The molecule has 6 rings (SSSR count). The molecule has 0 radical (unpaired) electrons. The van der Waals surface area contributed by atoms with E-state index in [1.54, 1.807) is 24.3 Å². The molecule has 0 bridgehead atoms. The topological polar surface area (TPSA) is 143 Å². The molecule has 2 aliphatic rings. The summed E-state index contributed by atoms with van der Waals surface area (Å²) in [5.41, 5.74) is 10.2. The quantitative estimate of drug-likeness (QED) is 0.141. The predicted octanol–water partition coefficient (Wildman–Crippen LogP) is 4.44. The molecular weight excluding hydrogens is 591 g/mol. The summed E-state index contributed by atoms with van der Waals surface area (Å²) in [6.07, 6.45) is 7.03. The van der Waals surface area contributed by atoms with Crippen LogP contribution in [0, 0.1) is 0 Å². The van der Waals surface area contributed by atoms with Crippen molar-refractivity contribution >= 4 is 46.9 Å². The fourth-order valence-corrected chi connectivity index (χ4v) is 4.08. The zero-order valence-corrected chi connectivity index (χ0v) is 23.3. The molecule has 0 amide bonds. The van der Waals surface area contributed by atoms with Crippen molar-refractivity contribution in [3.05, 3.63) is 143 Å². The van der Waals surface area contributed by atoms with Crippen LogP contribution in [0.1, 0.15) is 32.1 Å². The second-order valence-corrected chi connectivity index (χ2v) is 8.84. The van der Waals surface area contributed by atoms with Gasteiger partial charge in [0.2, 0.25) is 11.6 Å². The predicted molar refractivity (Wildman–Crippen MR) is 159 cm³/mol. The van der Waals surface area contributed by atoms with Crippen LogP contribution < -0.4 is 10.9 Å². The fraction of sp³-hybridized carbons (Fsp3) is 0. The van der Waals surface area contributed by atoms with Crippen molar-refractivity contribution in [1.29, 1.82) is 0 Å². The number of nitrogens with zero attached hydrogens (tertiary/aromatic N) is 4. The number of nitrogens with one attached hydrogen (secondary N) is 2. The third-order valence-electron chi connectivity index (χ3n) is 6.12. The Morgan fingerprint density at radius 3 is 1.33 bits per heavy atom. The Morgan fingerprint density at radius 1 is 0.558 bits per heavy atom. The Morgan fingerprint density at radius 2 is 0.953 bits per heavy atom. The Hall–Kier alpha value is -5.67. The molecule has 2 N–H and O–H groups in total. The van der Waals surface area contributed by atoms with Gasteiger partial charge in [-0.2, -0.15) is 10.2 Å². The van der Waals surface area contributed by atoms with E-state index in [1.165, 1.54) is 24.5 Å². The average Bonchev–Trinajstić information content (AvgIpc) is 3.05. The van der Waals surface area contributed by atoms with Crippen LogP contribution in [-0.4, -0.2) is 45.5 Å². The summed E-state index contributed by atoms with van der Waals surface area (Å²) in [5.74, 6) is -0.751. The first kappa shape index (κ1) is 30.3. The minimum atomic E-state index is -0.376. The van der Waals surface area contributed by atoms with Gasteiger partial charge in [0, 0.05) is 40.0 Å². The molecule has 0 atom stereocenters. The van der Waals surface area contributed by atoms with Gasteiger partial charge >= 0.3 is 0 Å². The van der Waals surface area contributed by atoms with Crippen molar-refractivity contribution in [1.82, 2.24) is 9.97 Å². The van der Waals surface area contributed by atoms with Gasteiger partial charge in [0.05, 0.1) is 33.9 Å². The number of carbonyl (C=O) groups is 4. The zero-order valence-electron chi connectivity index (χ0n) is 22.3. The van der Waals surface area contributed by atoms with Crippen LogP contribution in [0.4, 0.5) is 11.4 Å². The molecule has 214 valence electrons. The van der Waals surface area contributed by atoms with Crippen LogP contribution in [-0.2, 0) is 26.1 Å². The molecule has 0 aliphatic heterocycles. The third kappa shape index (κ3) is 6.98. The van der Waals surface area contributed by atoms with E-state index in [9.17, 15) is 19.2 Å². The van der Waals surface area contributed by atoms with Gasteiger partial charge in [-0.25, -0.2) is 0 Å². The number of hydrogen-bond acceptors (Lipinski definition) is 10. The van der Waals surface area contributed by atoms with Gasteiger partial charge in [-0.3, -0.25) is 40.0 Å². The number of ketones is 2. The number of anilines is 2. The first-order valence-corrected chi connectivity index (χ1v) is 12.7. The van der Waals surface area contributed by atoms with Crippen LogP contribution in [0.25, 0.3) is 0 Å². The number of rotatable bonds is 6. The second-order valence-electron chi connectivity index (χ2n) is 8.84. The smallest absolute Gasteiger partial charge is 0.215 e. The van der Waals surface area contributed by atoms with E-state index < -0.39 is 0 Å². The number of carbonyl (C=O) groups excluding carboxylic acids is 4. The van der Waals surface area contributed by atoms with Crippen molar-refractivity contribution in [2.24, 2.45) is 10.2 Å². The van der Waals surface area contributed by atoms with Gasteiger partial charge in [-0.1, -0.05) is 36.4 Å². The minimum absolute atomic E-state index is 0. The minimum Gasteiger partial charge on any atom is -0.298 e. The van der Waals surface area contributed by atoms with Crippen molar-refractivity contribution in [2.45, 2.75) is 0 Å². The van der Waals surface area contributed by atoms with Gasteiger partial charge < -0.3 is 0 Å². The largest absolute Gasteiger partial charge is 0.298 e. The van der Waals surface area contributed by atoms with Crippen molar-refractivity contribution in [3.63, 3.8) is 0 Å². The Labute approximate surface area is 256 Å². The summed E-state index contributed by atoms with van der Waals surface area (Å²) in [4.78, 5) is 54.2. The van der Waals surface area contributed by atoms with Crippen LogP contribution >= 0.6 is 0 Å². The fourth-order valence-electron chi connectivity index (χ4n) is 4.08. The molecular formula is C32H22N6NiO4. The molecule has 2 aromatic carbocycles. The average molecular weight is 613 g/mol. The molecule has 0 spiro atoms. The monoisotopic (exact) mass is 612 g/mol. The standard InChI is InChI=1S/2C16H11N3O2.Ni/c2*20-10-11-9-14(19-18-12-5-2-1-3-6-12)13-7-4-8-17-15(13)16(11)21;/h2*1-10,18H;/b2*19-14-;. The summed E-state index contributed by atoms with van der Waals surface area (Å²) < 4.78 is 0. The maximum Gasteiger partial charge on any atom is 0.215 e. The van der Waals surface area contributed by atoms with E-state index >= 15 is 0 Å². The summed E-state index contributed by atoms with van der Waals surface area (Å²) in [6, 6.07) is 25.8. The molecule has 11 heteroatoms. The van der Waals surface area contributed by atoms with Gasteiger partial charge in [-0.15, -0.1) is 0 Å². The molecule has 4 aromatic rings. The van der Waals surface area contributed by atoms with Crippen molar-refractivity contribution in [2.75, 3.05) is 10.9 Å². The number of benzene rings is 2. The van der Waals surface area contributed by atoms with Crippen LogP contribution in [0.2, 0.25) is 0 Å². The second kappa shape index (κ2) is 14.3. The van der Waals surface area contributed by atoms with E-state index in [1.807, 2.05) is 60.7 Å². The SMILES string of the molecule is O=CC1=C/C(=N/Nc2ccccc2)c2cccnc2C1=O.O=CC1=C/C(=N/Nc2ccccc2)c2cccnc2C1=O.[Ni]. The molecule has 2 aromatic heterocycles. The summed E-state index contributed by atoms with van der Waals surface area (Å²) >= 11 is 0. The van der Waals surface area contributed by atoms with E-state index in [4.69, 9.17) is 0 Å². The number of aromatic nitrogens is 2. The first-order valence-electron chi connectivity index (χ1n) is 12.7. The molecule has 0 saturated heterocycles. The van der Waals surface area contributed by atoms with Crippen LogP contribution in [0.3, 0.4) is 0 Å². The molecule has 0 saturated carbocycles. The third-order valence-corrected chi connectivity index (χ3v) is 6.12. The molecule has 0 fully saturated rings. The first-order chi connectivity index (χ1) is 20.6. The van der Waals surface area contributed by atoms with Crippen LogP contribution in [0.5, 0.6) is 0 Å². The number of aldehydes is 2. The molecule has 2 aliphatic carbocycles. The number of para-hydroxylation sites is 2. The van der Waals surface area contributed by atoms with Crippen molar-refractivity contribution < 1.29 is 35.7 Å². The van der Waals surface area contributed by atoms with Gasteiger partial charge in [0.25, 0.3) is 0 Å². The van der Waals surface area contributed by atoms with Gasteiger partial charge in [-0.05, 0) is 60.7 Å². The number of hydrogen-bond donors (Lipinski definition) is 2. The number of allylic oxidation sites excluding steroid dienone is 4. The maximum absolute atomic E-state index is 12.0. The number of Topliss-reactive ketones (excluding diaryl/α,β-unsaturated/α-hetero) is 2. The maximum atomic E-state index is 12.0. The number of pyridine rings is 2. The Bertz CT molecular complexity index is 1670. The van der Waals surface area contributed by atoms with E-state index in [-0.39, 0.29) is 50.6 Å². The normalized spacial score (nSPS) is 15.0. The molecule has 0 unspecified atom stereocenters. The Balaban J connectivity index is 0.000000192. The van der Waals surface area contributed by atoms with E-state index in [0.29, 0.717) is 35.1 Å². The van der Waals surface area contributed by atoms with Gasteiger partial charge in [0.1, 0.15) is 11.4 Å². The van der Waals surface area contributed by atoms with Crippen LogP contribution in [0.15, 0.2) is 131 Å². The molecule has 43 heavy (non-hydrogen) atoms. The van der Waals surface area contributed by atoms with Gasteiger partial charge in [0.15, 0.2) is 12.6 Å². The molecule has 2 heterocycles. The number of fused-ring (bicyclic) bond motifs is 2. The zero-order chi connectivity index (χ0) is 29.3. The van der Waals surface area contributed by atoms with Crippen molar-refractivity contribution in [3.8, 4) is 0 Å². The molecule has 10 nitrogen and oxygen atoms in total. The van der Waals surface area contributed by atoms with E-state index in [2.05, 4.69) is 31.0 Å². The summed E-state index contributed by atoms with van der Waals surface area (Å²) in [7, 11) is 0. The Kier molecular flexibility index (Phi) is 10.1. The van der Waals surface area contributed by atoms with E-state index in [0.717, 1.165) is 11.4 Å². The summed E-state index contributed by atoms with van der Waals surface area (Å²) in [5, 5.41) is 8.53. The number of hydrazone groups is 2.